The number of methoxy groups -OCH3 is 1. The van der Waals surface area contributed by atoms with Gasteiger partial charge in [-0.25, -0.2) is 13.4 Å². The lowest BCUT2D eigenvalue weighted by Gasteiger charge is -2.33. The van der Waals surface area contributed by atoms with Gasteiger partial charge in [0.15, 0.2) is 0 Å². The van der Waals surface area contributed by atoms with Crippen LogP contribution in [0.4, 0.5) is 23.0 Å². The van der Waals surface area contributed by atoms with E-state index in [1.54, 1.807) is 32.5 Å². The Morgan fingerprint density at radius 1 is 1.18 bits per heavy atom. The fourth-order valence-electron chi connectivity index (χ4n) is 4.76. The Hall–Kier alpha value is -3.83. The average molecular weight is 536 g/mol. The Bertz CT molecular complexity index is 1540. The molecule has 0 spiro atoms. The number of anilines is 4. The molecule has 2 aromatic carbocycles. The quantitative estimate of drug-likeness (QED) is 0.354. The Labute approximate surface area is 223 Å². The first-order chi connectivity index (χ1) is 18.2. The van der Waals surface area contributed by atoms with Crippen LogP contribution in [0.15, 0.2) is 60.9 Å². The van der Waals surface area contributed by atoms with E-state index in [0.29, 0.717) is 30.0 Å². The molecule has 5 rings (SSSR count). The second kappa shape index (κ2) is 10.5. The number of nitrogens with zero attached hydrogens (tertiary/aromatic N) is 5. The van der Waals surface area contributed by atoms with Gasteiger partial charge in [-0.05, 0) is 49.4 Å². The standard InChI is InChI=1S/C27H33N7O3S/c1-19-17-33(15-13-28-19)22-10-8-21(9-11-22)30-27-29-16-20-12-14-34(26(20)31-27)18-23-24(32(2)38(4,35)36)6-5-7-25(23)37-3/h5-12,14,16,19,28H,13,15,17-18H2,1-4H3,(H,29,30,31)/t19-/m0/s1. The summed E-state index contributed by atoms with van der Waals surface area (Å²) in [7, 11) is -0.333. The minimum atomic E-state index is -3.45. The molecule has 4 aromatic rings. The van der Waals surface area contributed by atoms with E-state index in [9.17, 15) is 8.42 Å². The van der Waals surface area contributed by atoms with Crippen molar-refractivity contribution in [3.05, 3.63) is 66.5 Å². The molecule has 1 atom stereocenters. The maximum atomic E-state index is 12.3. The molecule has 1 saturated heterocycles. The van der Waals surface area contributed by atoms with E-state index < -0.39 is 10.0 Å². The van der Waals surface area contributed by atoms with Crippen LogP contribution in [0, 0.1) is 0 Å². The summed E-state index contributed by atoms with van der Waals surface area (Å²) < 4.78 is 33.4. The summed E-state index contributed by atoms with van der Waals surface area (Å²) in [6.07, 6.45) is 4.88. The van der Waals surface area contributed by atoms with Crippen LogP contribution in [-0.2, 0) is 16.6 Å². The van der Waals surface area contributed by atoms with Crippen molar-refractivity contribution in [2.75, 3.05) is 54.6 Å². The summed E-state index contributed by atoms with van der Waals surface area (Å²) in [5.41, 5.74) is 4.12. The van der Waals surface area contributed by atoms with E-state index >= 15 is 0 Å². The highest BCUT2D eigenvalue weighted by molar-refractivity contribution is 7.92. The molecule has 10 nitrogen and oxygen atoms in total. The van der Waals surface area contributed by atoms with Gasteiger partial charge >= 0.3 is 0 Å². The normalized spacial score (nSPS) is 16.0. The summed E-state index contributed by atoms with van der Waals surface area (Å²) in [5.74, 6) is 1.08. The van der Waals surface area contributed by atoms with Crippen molar-refractivity contribution in [1.29, 1.82) is 0 Å². The first-order valence-corrected chi connectivity index (χ1v) is 14.3. The lowest BCUT2D eigenvalue weighted by Crippen LogP contribution is -2.49. The SMILES string of the molecule is COc1cccc(N(C)S(C)(=O)=O)c1Cn1ccc2cnc(Nc3ccc(N4CCN[C@@H](C)C4)cc3)nc21. The van der Waals surface area contributed by atoms with Crippen LogP contribution in [0.5, 0.6) is 5.75 Å². The molecule has 0 saturated carbocycles. The minimum absolute atomic E-state index is 0.372. The Morgan fingerprint density at radius 2 is 1.97 bits per heavy atom. The number of ether oxygens (including phenoxy) is 1. The van der Waals surface area contributed by atoms with E-state index in [1.807, 2.05) is 35.0 Å². The number of nitrogens with one attached hydrogen (secondary N) is 2. The fourth-order valence-corrected chi connectivity index (χ4v) is 5.29. The molecular formula is C27H33N7O3S. The van der Waals surface area contributed by atoms with Crippen molar-refractivity contribution in [1.82, 2.24) is 19.9 Å². The van der Waals surface area contributed by atoms with Gasteiger partial charge in [0, 0.05) is 67.4 Å². The van der Waals surface area contributed by atoms with Gasteiger partial charge in [-0.15, -0.1) is 0 Å². The number of rotatable bonds is 8. The van der Waals surface area contributed by atoms with Crippen molar-refractivity contribution in [2.45, 2.75) is 19.5 Å². The molecule has 0 unspecified atom stereocenters. The zero-order valence-electron chi connectivity index (χ0n) is 22.0. The predicted molar refractivity (Wildman–Crippen MR) is 152 cm³/mol. The molecule has 38 heavy (non-hydrogen) atoms. The molecule has 2 aromatic heterocycles. The van der Waals surface area contributed by atoms with Crippen LogP contribution >= 0.6 is 0 Å². The first kappa shape index (κ1) is 25.8. The third-order valence-corrected chi connectivity index (χ3v) is 8.04. The van der Waals surface area contributed by atoms with Crippen molar-refractivity contribution in [3.8, 4) is 5.75 Å². The van der Waals surface area contributed by atoms with Crippen molar-refractivity contribution in [3.63, 3.8) is 0 Å². The first-order valence-electron chi connectivity index (χ1n) is 12.5. The molecule has 1 aliphatic rings. The molecule has 11 heteroatoms. The van der Waals surface area contributed by atoms with Crippen LogP contribution < -0.4 is 24.6 Å². The highest BCUT2D eigenvalue weighted by atomic mass is 32.2. The van der Waals surface area contributed by atoms with Gasteiger partial charge in [-0.1, -0.05) is 6.07 Å². The maximum Gasteiger partial charge on any atom is 0.232 e. The number of benzene rings is 2. The number of hydrogen-bond acceptors (Lipinski definition) is 8. The molecule has 1 aliphatic heterocycles. The fraction of sp³-hybridized carbons (Fsp3) is 0.333. The molecule has 0 radical (unpaired) electrons. The average Bonchev–Trinajstić information content (AvgIpc) is 3.30. The summed E-state index contributed by atoms with van der Waals surface area (Å²) in [5, 5.41) is 7.66. The van der Waals surface area contributed by atoms with Crippen LogP contribution in [0.3, 0.4) is 0 Å². The number of aromatic nitrogens is 3. The molecular weight excluding hydrogens is 502 g/mol. The van der Waals surface area contributed by atoms with Crippen LogP contribution in [-0.4, -0.2) is 69.0 Å². The number of hydrogen-bond donors (Lipinski definition) is 2. The van der Waals surface area contributed by atoms with Gasteiger partial charge in [0.1, 0.15) is 11.4 Å². The third kappa shape index (κ3) is 5.39. The minimum Gasteiger partial charge on any atom is -0.496 e. The number of fused-ring (bicyclic) bond motifs is 1. The maximum absolute atomic E-state index is 12.3. The number of sulfonamides is 1. The zero-order valence-corrected chi connectivity index (χ0v) is 22.9. The molecule has 200 valence electrons. The van der Waals surface area contributed by atoms with Crippen LogP contribution in [0.2, 0.25) is 0 Å². The molecule has 0 amide bonds. The number of piperazine rings is 1. The summed E-state index contributed by atoms with van der Waals surface area (Å²) in [4.78, 5) is 11.6. The van der Waals surface area contributed by atoms with Gasteiger partial charge in [-0.3, -0.25) is 4.31 Å². The summed E-state index contributed by atoms with van der Waals surface area (Å²) >= 11 is 0. The van der Waals surface area contributed by atoms with E-state index in [0.717, 1.165) is 41.9 Å². The topological polar surface area (TPSA) is 105 Å². The second-order valence-corrected chi connectivity index (χ2v) is 11.6. The third-order valence-electron chi connectivity index (χ3n) is 6.85. The smallest absolute Gasteiger partial charge is 0.232 e. The van der Waals surface area contributed by atoms with Crippen molar-refractivity contribution in [2.24, 2.45) is 0 Å². The van der Waals surface area contributed by atoms with Crippen LogP contribution in [0.1, 0.15) is 12.5 Å². The Balaban J connectivity index is 1.40. The highest BCUT2D eigenvalue weighted by Crippen LogP contribution is 2.32. The summed E-state index contributed by atoms with van der Waals surface area (Å²) in [6, 6.07) is 16.1. The lowest BCUT2D eigenvalue weighted by atomic mass is 10.1. The van der Waals surface area contributed by atoms with Crippen molar-refractivity contribution >= 4 is 44.1 Å². The molecule has 3 heterocycles. The Morgan fingerprint density at radius 3 is 2.68 bits per heavy atom. The molecule has 0 bridgehead atoms. The zero-order chi connectivity index (χ0) is 26.9. The van der Waals surface area contributed by atoms with E-state index in [-0.39, 0.29) is 0 Å². The predicted octanol–water partition coefficient (Wildman–Crippen LogP) is 3.43. The highest BCUT2D eigenvalue weighted by Gasteiger charge is 2.20. The van der Waals surface area contributed by atoms with Crippen LogP contribution in [0.25, 0.3) is 11.0 Å². The van der Waals surface area contributed by atoms with Gasteiger partial charge in [0.05, 0.1) is 25.6 Å². The largest absolute Gasteiger partial charge is 0.496 e. The van der Waals surface area contributed by atoms with Crippen molar-refractivity contribution < 1.29 is 13.2 Å². The van der Waals surface area contributed by atoms with Gasteiger partial charge < -0.3 is 24.8 Å². The van der Waals surface area contributed by atoms with E-state index in [2.05, 4.69) is 39.6 Å². The lowest BCUT2D eigenvalue weighted by molar-refractivity contribution is 0.409. The van der Waals surface area contributed by atoms with Gasteiger partial charge in [0.25, 0.3) is 0 Å². The van der Waals surface area contributed by atoms with E-state index in [4.69, 9.17) is 9.72 Å². The molecule has 1 fully saturated rings. The van der Waals surface area contributed by atoms with E-state index in [1.165, 1.54) is 16.2 Å². The molecule has 2 N–H and O–H groups in total. The van der Waals surface area contributed by atoms with Gasteiger partial charge in [0.2, 0.25) is 16.0 Å². The van der Waals surface area contributed by atoms with Gasteiger partial charge in [-0.2, -0.15) is 4.98 Å². The Kier molecular flexibility index (Phi) is 7.13. The monoisotopic (exact) mass is 535 g/mol. The molecule has 0 aliphatic carbocycles. The second-order valence-electron chi connectivity index (χ2n) is 9.58. The summed E-state index contributed by atoms with van der Waals surface area (Å²) in [6.45, 7) is 5.52.